The fraction of sp³-hybridized carbons (Fsp3) is 0.417. The number of amides is 1. The number of halogens is 5. The van der Waals surface area contributed by atoms with E-state index < -0.39 is 36.2 Å². The van der Waals surface area contributed by atoms with Crippen LogP contribution in [0.1, 0.15) is 12.5 Å². The molecule has 110 valence electrons. The number of nitrogens with one attached hydrogen (secondary N) is 1. The molecular formula is C12H10BrF4NO2. The molecular weight excluding hydrogens is 346 g/mol. The summed E-state index contributed by atoms with van der Waals surface area (Å²) in [7, 11) is 0. The predicted octanol–water partition coefficient (Wildman–Crippen LogP) is 2.88. The molecule has 20 heavy (non-hydrogen) atoms. The molecule has 1 heterocycles. The first-order valence-corrected chi connectivity index (χ1v) is 6.39. The van der Waals surface area contributed by atoms with E-state index in [9.17, 15) is 22.4 Å². The molecule has 0 aromatic heterocycles. The van der Waals surface area contributed by atoms with Gasteiger partial charge in [-0.2, -0.15) is 13.2 Å². The molecule has 1 N–H and O–H groups in total. The minimum absolute atomic E-state index is 0.290. The quantitative estimate of drug-likeness (QED) is 0.786. The van der Waals surface area contributed by atoms with Crippen molar-refractivity contribution in [2.75, 3.05) is 6.61 Å². The maximum absolute atomic E-state index is 13.9. The molecule has 1 aromatic rings. The van der Waals surface area contributed by atoms with Crippen molar-refractivity contribution in [3.05, 3.63) is 34.1 Å². The number of rotatable bonds is 1. The van der Waals surface area contributed by atoms with Gasteiger partial charge in [0.15, 0.2) is 6.10 Å². The zero-order chi connectivity index (χ0) is 15.1. The van der Waals surface area contributed by atoms with Gasteiger partial charge in [0.05, 0.1) is 0 Å². The Labute approximate surface area is 120 Å². The Hall–Kier alpha value is -1.15. The van der Waals surface area contributed by atoms with Gasteiger partial charge in [0.2, 0.25) is 5.91 Å². The summed E-state index contributed by atoms with van der Waals surface area (Å²) >= 11 is 3.07. The SMILES string of the molecule is C[C@]1(c2cc(Br)ccc2F)NC(=O)COC1C(F)(F)F. The third-order valence-corrected chi connectivity index (χ3v) is 3.58. The van der Waals surface area contributed by atoms with Gasteiger partial charge in [0, 0.05) is 10.0 Å². The first-order chi connectivity index (χ1) is 9.14. The lowest BCUT2D eigenvalue weighted by molar-refractivity contribution is -0.251. The molecule has 1 fully saturated rings. The summed E-state index contributed by atoms with van der Waals surface area (Å²) in [4.78, 5) is 11.4. The van der Waals surface area contributed by atoms with E-state index in [2.05, 4.69) is 26.0 Å². The van der Waals surface area contributed by atoms with Crippen LogP contribution in [-0.2, 0) is 15.1 Å². The van der Waals surface area contributed by atoms with Crippen molar-refractivity contribution in [1.29, 1.82) is 0 Å². The lowest BCUT2D eigenvalue weighted by Gasteiger charge is -2.42. The highest BCUT2D eigenvalue weighted by Gasteiger charge is 2.57. The Morgan fingerprint density at radius 3 is 2.70 bits per heavy atom. The maximum Gasteiger partial charge on any atom is 0.417 e. The Morgan fingerprint density at radius 1 is 1.45 bits per heavy atom. The van der Waals surface area contributed by atoms with E-state index in [4.69, 9.17) is 0 Å². The second kappa shape index (κ2) is 5.00. The van der Waals surface area contributed by atoms with Crippen LogP contribution < -0.4 is 5.32 Å². The molecule has 0 radical (unpaired) electrons. The lowest BCUT2D eigenvalue weighted by atomic mass is 9.84. The van der Waals surface area contributed by atoms with Gasteiger partial charge >= 0.3 is 6.18 Å². The van der Waals surface area contributed by atoms with Crippen LogP contribution in [0.2, 0.25) is 0 Å². The second-order valence-electron chi connectivity index (χ2n) is 4.61. The van der Waals surface area contributed by atoms with Gasteiger partial charge in [-0.15, -0.1) is 0 Å². The lowest BCUT2D eigenvalue weighted by Crippen LogP contribution is -2.63. The molecule has 0 saturated carbocycles. The van der Waals surface area contributed by atoms with E-state index in [0.717, 1.165) is 13.0 Å². The highest BCUT2D eigenvalue weighted by Crippen LogP contribution is 2.40. The minimum Gasteiger partial charge on any atom is -0.356 e. The van der Waals surface area contributed by atoms with Crippen LogP contribution in [0.4, 0.5) is 17.6 Å². The van der Waals surface area contributed by atoms with Crippen LogP contribution in [-0.4, -0.2) is 24.8 Å². The second-order valence-corrected chi connectivity index (χ2v) is 5.52. The number of ether oxygens (including phenoxy) is 1. The molecule has 1 saturated heterocycles. The van der Waals surface area contributed by atoms with E-state index in [0.29, 0.717) is 4.47 Å². The van der Waals surface area contributed by atoms with Crippen molar-refractivity contribution in [1.82, 2.24) is 5.32 Å². The van der Waals surface area contributed by atoms with E-state index in [1.807, 2.05) is 0 Å². The highest BCUT2D eigenvalue weighted by atomic mass is 79.9. The number of carbonyl (C=O) groups excluding carboxylic acids is 1. The minimum atomic E-state index is -4.74. The predicted molar refractivity (Wildman–Crippen MR) is 65.4 cm³/mol. The molecule has 2 rings (SSSR count). The van der Waals surface area contributed by atoms with E-state index >= 15 is 0 Å². The smallest absolute Gasteiger partial charge is 0.356 e. The van der Waals surface area contributed by atoms with Crippen molar-refractivity contribution in [3.63, 3.8) is 0 Å². The molecule has 1 amide bonds. The molecule has 1 aromatic carbocycles. The number of morpholine rings is 1. The van der Waals surface area contributed by atoms with E-state index in [1.165, 1.54) is 12.1 Å². The number of hydrogen-bond donors (Lipinski definition) is 1. The van der Waals surface area contributed by atoms with Gasteiger partial charge in [-0.05, 0) is 25.1 Å². The van der Waals surface area contributed by atoms with Gasteiger partial charge in [-0.1, -0.05) is 15.9 Å². The topological polar surface area (TPSA) is 38.3 Å². The number of carbonyl (C=O) groups is 1. The van der Waals surface area contributed by atoms with Crippen molar-refractivity contribution >= 4 is 21.8 Å². The number of benzene rings is 1. The van der Waals surface area contributed by atoms with E-state index in [-0.39, 0.29) is 5.56 Å². The Balaban J connectivity index is 2.56. The van der Waals surface area contributed by atoms with Crippen molar-refractivity contribution in [2.24, 2.45) is 0 Å². The van der Waals surface area contributed by atoms with Crippen LogP contribution in [0.3, 0.4) is 0 Å². The van der Waals surface area contributed by atoms with Crippen LogP contribution in [0, 0.1) is 5.82 Å². The fourth-order valence-electron chi connectivity index (χ4n) is 2.24. The molecule has 2 atom stereocenters. The van der Waals surface area contributed by atoms with Crippen molar-refractivity contribution < 1.29 is 27.1 Å². The summed E-state index contributed by atoms with van der Waals surface area (Å²) in [6, 6.07) is 3.58. The largest absolute Gasteiger partial charge is 0.417 e. The zero-order valence-corrected chi connectivity index (χ0v) is 11.8. The summed E-state index contributed by atoms with van der Waals surface area (Å²) in [5.74, 6) is -1.58. The standard InChI is InChI=1S/C12H10BrF4NO2/c1-11(7-4-6(13)2-3-8(7)14)10(12(15,16)17)20-5-9(19)18-11/h2-4,10H,5H2,1H3,(H,18,19)/t10?,11-/m1/s1. The molecule has 1 aliphatic heterocycles. The Bertz CT molecular complexity index is 549. The van der Waals surface area contributed by atoms with Crippen LogP contribution in [0.15, 0.2) is 22.7 Å². The van der Waals surface area contributed by atoms with Crippen LogP contribution in [0.25, 0.3) is 0 Å². The van der Waals surface area contributed by atoms with E-state index in [1.54, 1.807) is 0 Å². The molecule has 1 aliphatic rings. The normalized spacial score (nSPS) is 27.3. The zero-order valence-electron chi connectivity index (χ0n) is 10.2. The molecule has 1 unspecified atom stereocenters. The summed E-state index contributed by atoms with van der Waals surface area (Å²) in [6.07, 6.45) is -7.06. The van der Waals surface area contributed by atoms with Gasteiger partial charge in [-0.25, -0.2) is 4.39 Å². The van der Waals surface area contributed by atoms with Gasteiger partial charge in [0.25, 0.3) is 0 Å². The Kier molecular flexibility index (Phi) is 3.81. The summed E-state index contributed by atoms with van der Waals surface area (Å²) in [5, 5.41) is 2.19. The molecule has 8 heteroatoms. The number of alkyl halides is 3. The third kappa shape index (κ3) is 2.67. The fourth-order valence-corrected chi connectivity index (χ4v) is 2.60. The van der Waals surface area contributed by atoms with Crippen molar-refractivity contribution in [2.45, 2.75) is 24.7 Å². The summed E-state index contributed by atoms with van der Waals surface area (Å²) < 4.78 is 58.1. The third-order valence-electron chi connectivity index (χ3n) is 3.09. The van der Waals surface area contributed by atoms with Gasteiger partial charge in [-0.3, -0.25) is 4.79 Å². The van der Waals surface area contributed by atoms with Crippen molar-refractivity contribution in [3.8, 4) is 0 Å². The average Bonchev–Trinajstić information content (AvgIpc) is 2.30. The van der Waals surface area contributed by atoms with Crippen LogP contribution in [0.5, 0.6) is 0 Å². The van der Waals surface area contributed by atoms with Gasteiger partial charge in [0.1, 0.15) is 18.0 Å². The average molecular weight is 356 g/mol. The first-order valence-electron chi connectivity index (χ1n) is 5.59. The molecule has 3 nitrogen and oxygen atoms in total. The van der Waals surface area contributed by atoms with Gasteiger partial charge < -0.3 is 10.1 Å². The van der Waals surface area contributed by atoms with Crippen LogP contribution >= 0.6 is 15.9 Å². The molecule has 0 aliphatic carbocycles. The summed E-state index contributed by atoms with van der Waals surface area (Å²) in [6.45, 7) is 0.377. The Morgan fingerprint density at radius 2 is 2.10 bits per heavy atom. The monoisotopic (exact) mass is 355 g/mol. The summed E-state index contributed by atoms with van der Waals surface area (Å²) in [5.41, 5.74) is -2.32. The highest BCUT2D eigenvalue weighted by molar-refractivity contribution is 9.10. The molecule has 0 spiro atoms. The molecule has 0 bridgehead atoms. The number of hydrogen-bond acceptors (Lipinski definition) is 2. The maximum atomic E-state index is 13.9. The first kappa shape index (κ1) is 15.2.